The van der Waals surface area contributed by atoms with Crippen LogP contribution >= 0.6 is 0 Å². The number of carbonyl (C=O) groups is 1. The van der Waals surface area contributed by atoms with Crippen LogP contribution < -0.4 is 18.9 Å². The lowest BCUT2D eigenvalue weighted by Gasteiger charge is -2.26. The number of ether oxygens (including phenoxy) is 4. The molecule has 0 aliphatic heterocycles. The molecule has 4 rings (SSSR count). The predicted octanol–water partition coefficient (Wildman–Crippen LogP) is 9.46. The first-order chi connectivity index (χ1) is 21.1. The van der Waals surface area contributed by atoms with Crippen molar-refractivity contribution < 1.29 is 23.7 Å². The van der Waals surface area contributed by atoms with Gasteiger partial charge in [0, 0.05) is 11.1 Å². The number of allylic oxidation sites excluding steroid dienone is 2. The Morgan fingerprint density at radius 3 is 1.56 bits per heavy atom. The normalized spacial score (nSPS) is 16.8. The van der Waals surface area contributed by atoms with Crippen molar-refractivity contribution in [3.05, 3.63) is 94.6 Å². The van der Waals surface area contributed by atoms with Gasteiger partial charge in [0.2, 0.25) is 0 Å². The molecule has 0 heterocycles. The molecule has 0 aromatic heterocycles. The van der Waals surface area contributed by atoms with Gasteiger partial charge in [-0.2, -0.15) is 0 Å². The summed E-state index contributed by atoms with van der Waals surface area (Å²) in [6.07, 6.45) is 9.49. The Balaban J connectivity index is 1.68. The Morgan fingerprint density at radius 1 is 0.628 bits per heavy atom. The summed E-state index contributed by atoms with van der Waals surface area (Å²) in [5.74, 6) is 3.16. The van der Waals surface area contributed by atoms with E-state index in [4.69, 9.17) is 18.9 Å². The number of hydrogen-bond acceptors (Lipinski definition) is 5. The standard InChI is InChI=1S/C38H46O5/c1-5-9-20-42-34-18-16-28(24-36(34)40-7-3)22-32-26-31(30-14-12-11-13-15-30)27-33(38(32)39)23-29-17-19-35(43-21-10-6-2)37(25-29)41-8-4/h11-19,22-25,31H,5-10,20-21,26-27H2,1-4H3/b32-22-,33-23+. The highest BCUT2D eigenvalue weighted by Crippen LogP contribution is 2.40. The zero-order valence-corrected chi connectivity index (χ0v) is 26.2. The molecule has 5 nitrogen and oxygen atoms in total. The lowest BCUT2D eigenvalue weighted by Crippen LogP contribution is -2.19. The first-order valence-electron chi connectivity index (χ1n) is 15.9. The minimum absolute atomic E-state index is 0.0784. The van der Waals surface area contributed by atoms with Crippen molar-refractivity contribution in [2.75, 3.05) is 26.4 Å². The fourth-order valence-corrected chi connectivity index (χ4v) is 5.26. The van der Waals surface area contributed by atoms with Crippen LogP contribution in [0.3, 0.4) is 0 Å². The number of carbonyl (C=O) groups excluding carboxylic acids is 1. The molecule has 0 bridgehead atoms. The summed E-state index contributed by atoms with van der Waals surface area (Å²) in [6.45, 7) is 10.6. The lowest BCUT2D eigenvalue weighted by atomic mass is 9.76. The van der Waals surface area contributed by atoms with E-state index in [1.807, 2.05) is 68.5 Å². The molecule has 3 aromatic carbocycles. The van der Waals surface area contributed by atoms with Crippen LogP contribution in [0.1, 0.15) is 88.8 Å². The summed E-state index contributed by atoms with van der Waals surface area (Å²) >= 11 is 0. The van der Waals surface area contributed by atoms with Crippen LogP contribution in [-0.2, 0) is 4.79 Å². The Bertz CT molecular complexity index is 1300. The summed E-state index contributed by atoms with van der Waals surface area (Å²) in [6, 6.07) is 22.3. The van der Waals surface area contributed by atoms with Crippen LogP contribution in [0.2, 0.25) is 0 Å². The molecule has 1 aliphatic carbocycles. The van der Waals surface area contributed by atoms with Crippen molar-refractivity contribution in [3.8, 4) is 23.0 Å². The van der Waals surface area contributed by atoms with Gasteiger partial charge in [-0.25, -0.2) is 0 Å². The summed E-state index contributed by atoms with van der Waals surface area (Å²) in [4.78, 5) is 14.0. The zero-order chi connectivity index (χ0) is 30.4. The zero-order valence-electron chi connectivity index (χ0n) is 26.2. The third kappa shape index (κ3) is 9.00. The Labute approximate surface area is 257 Å². The van der Waals surface area contributed by atoms with Gasteiger partial charge in [0.15, 0.2) is 28.8 Å². The molecule has 3 aromatic rings. The molecule has 43 heavy (non-hydrogen) atoms. The fourth-order valence-electron chi connectivity index (χ4n) is 5.26. The van der Waals surface area contributed by atoms with E-state index in [0.29, 0.717) is 50.8 Å². The molecule has 1 saturated carbocycles. The molecule has 0 spiro atoms. The molecule has 0 N–H and O–H groups in total. The molecule has 1 fully saturated rings. The van der Waals surface area contributed by atoms with E-state index in [9.17, 15) is 4.79 Å². The van der Waals surface area contributed by atoms with Crippen molar-refractivity contribution in [2.24, 2.45) is 0 Å². The molecule has 1 aliphatic rings. The lowest BCUT2D eigenvalue weighted by molar-refractivity contribution is -0.113. The second kappa shape index (κ2) is 16.6. The summed E-state index contributed by atoms with van der Waals surface area (Å²) in [5, 5.41) is 0. The van der Waals surface area contributed by atoms with E-state index in [-0.39, 0.29) is 11.7 Å². The molecule has 0 saturated heterocycles. The minimum Gasteiger partial charge on any atom is -0.490 e. The Hall–Kier alpha value is -3.99. The maximum Gasteiger partial charge on any atom is 0.185 e. The van der Waals surface area contributed by atoms with Crippen LogP contribution in [0.15, 0.2) is 77.9 Å². The van der Waals surface area contributed by atoms with E-state index in [2.05, 4.69) is 38.1 Å². The second-order valence-corrected chi connectivity index (χ2v) is 10.9. The summed E-state index contributed by atoms with van der Waals surface area (Å²) < 4.78 is 23.8. The summed E-state index contributed by atoms with van der Waals surface area (Å²) in [7, 11) is 0. The SMILES string of the molecule is CCCCOc1ccc(/C=C2/CC(c3ccccc3)C/C(=C\c3ccc(OCCCC)c(OCC)c3)C2=O)cc1OCC. The van der Waals surface area contributed by atoms with E-state index < -0.39 is 0 Å². The molecule has 0 radical (unpaired) electrons. The average Bonchev–Trinajstić information content (AvgIpc) is 3.02. The highest BCUT2D eigenvalue weighted by Gasteiger charge is 2.29. The maximum absolute atomic E-state index is 14.0. The fraction of sp³-hybridized carbons (Fsp3) is 0.395. The molecular weight excluding hydrogens is 536 g/mol. The van der Waals surface area contributed by atoms with Crippen molar-refractivity contribution in [2.45, 2.75) is 72.1 Å². The van der Waals surface area contributed by atoms with E-state index in [0.717, 1.165) is 59.5 Å². The Kier molecular flexibility index (Phi) is 12.3. The Morgan fingerprint density at radius 2 is 1.12 bits per heavy atom. The summed E-state index contributed by atoms with van der Waals surface area (Å²) in [5.41, 5.74) is 4.66. The topological polar surface area (TPSA) is 54.0 Å². The predicted molar refractivity (Wildman–Crippen MR) is 175 cm³/mol. The molecule has 5 heteroatoms. The third-order valence-corrected chi connectivity index (χ3v) is 7.51. The van der Waals surface area contributed by atoms with Gasteiger partial charge in [-0.05, 0) is 98.6 Å². The number of ketones is 1. The molecule has 1 atom stereocenters. The van der Waals surface area contributed by atoms with Crippen molar-refractivity contribution in [1.82, 2.24) is 0 Å². The van der Waals surface area contributed by atoms with Gasteiger partial charge in [-0.1, -0.05) is 69.2 Å². The van der Waals surface area contributed by atoms with E-state index in [1.165, 1.54) is 5.56 Å². The highest BCUT2D eigenvalue weighted by molar-refractivity contribution is 6.14. The van der Waals surface area contributed by atoms with Gasteiger partial charge in [-0.15, -0.1) is 0 Å². The first-order valence-corrected chi connectivity index (χ1v) is 15.9. The van der Waals surface area contributed by atoms with Crippen LogP contribution in [0, 0.1) is 0 Å². The van der Waals surface area contributed by atoms with Crippen molar-refractivity contribution in [1.29, 1.82) is 0 Å². The van der Waals surface area contributed by atoms with Gasteiger partial charge < -0.3 is 18.9 Å². The highest BCUT2D eigenvalue weighted by atomic mass is 16.5. The van der Waals surface area contributed by atoms with E-state index >= 15 is 0 Å². The monoisotopic (exact) mass is 582 g/mol. The largest absolute Gasteiger partial charge is 0.490 e. The number of rotatable bonds is 15. The van der Waals surface area contributed by atoms with Crippen molar-refractivity contribution in [3.63, 3.8) is 0 Å². The minimum atomic E-state index is 0.0784. The average molecular weight is 583 g/mol. The third-order valence-electron chi connectivity index (χ3n) is 7.51. The van der Waals surface area contributed by atoms with Crippen LogP contribution in [-0.4, -0.2) is 32.2 Å². The number of hydrogen-bond donors (Lipinski definition) is 0. The van der Waals surface area contributed by atoms with Crippen molar-refractivity contribution >= 4 is 17.9 Å². The smallest absolute Gasteiger partial charge is 0.185 e. The number of Topliss-reactive ketones (excluding diaryl/α,β-unsaturated/α-hetero) is 1. The van der Waals surface area contributed by atoms with Gasteiger partial charge >= 0.3 is 0 Å². The van der Waals surface area contributed by atoms with Crippen LogP contribution in [0.4, 0.5) is 0 Å². The molecule has 0 amide bonds. The van der Waals surface area contributed by atoms with Crippen LogP contribution in [0.25, 0.3) is 12.2 Å². The maximum atomic E-state index is 14.0. The molecular formula is C38H46O5. The molecule has 228 valence electrons. The number of unbranched alkanes of at least 4 members (excludes halogenated alkanes) is 2. The second-order valence-electron chi connectivity index (χ2n) is 10.9. The van der Waals surface area contributed by atoms with Gasteiger partial charge in [-0.3, -0.25) is 4.79 Å². The van der Waals surface area contributed by atoms with Crippen LogP contribution in [0.5, 0.6) is 23.0 Å². The molecule has 1 unspecified atom stereocenters. The van der Waals surface area contributed by atoms with Gasteiger partial charge in [0.1, 0.15) is 0 Å². The van der Waals surface area contributed by atoms with Gasteiger partial charge in [0.25, 0.3) is 0 Å². The quantitative estimate of drug-likeness (QED) is 0.132. The van der Waals surface area contributed by atoms with Gasteiger partial charge in [0.05, 0.1) is 26.4 Å². The first kappa shape index (κ1) is 31.9. The number of benzene rings is 3. The van der Waals surface area contributed by atoms with E-state index in [1.54, 1.807) is 0 Å².